The molecule has 1 aromatic rings. The molecule has 0 saturated heterocycles. The zero-order chi connectivity index (χ0) is 12.8. The lowest BCUT2D eigenvalue weighted by molar-refractivity contribution is 0.191. The van der Waals surface area contributed by atoms with E-state index < -0.39 is 0 Å². The molecule has 0 heterocycles. The van der Waals surface area contributed by atoms with Gasteiger partial charge in [0.2, 0.25) is 0 Å². The maximum Gasteiger partial charge on any atom is 0.0481 e. The number of hydrogen-bond donors (Lipinski definition) is 1. The lowest BCUT2D eigenvalue weighted by atomic mass is 10.1. The van der Waals surface area contributed by atoms with Crippen molar-refractivity contribution in [1.82, 2.24) is 0 Å². The third-order valence-electron chi connectivity index (χ3n) is 2.86. The minimum Gasteiger partial charge on any atom is -0.385 e. The number of aryl methyl sites for hydroxylation is 1. The molecule has 0 aliphatic carbocycles. The SMILES string of the molecule is COCCC(C)Nc1ccc(C)c(N(C)C)c1. The summed E-state index contributed by atoms with van der Waals surface area (Å²) in [7, 11) is 5.88. The third-order valence-corrected chi connectivity index (χ3v) is 2.86. The van der Waals surface area contributed by atoms with Crippen LogP contribution in [0, 0.1) is 6.92 Å². The van der Waals surface area contributed by atoms with Crippen molar-refractivity contribution in [2.24, 2.45) is 0 Å². The molecule has 96 valence electrons. The van der Waals surface area contributed by atoms with Gasteiger partial charge in [0, 0.05) is 45.2 Å². The first kappa shape index (κ1) is 13.8. The van der Waals surface area contributed by atoms with Crippen LogP contribution in [0.3, 0.4) is 0 Å². The van der Waals surface area contributed by atoms with Crippen LogP contribution in [-0.4, -0.2) is 33.9 Å². The first-order chi connectivity index (χ1) is 8.04. The van der Waals surface area contributed by atoms with E-state index in [-0.39, 0.29) is 0 Å². The molecule has 0 bridgehead atoms. The van der Waals surface area contributed by atoms with E-state index in [2.05, 4.69) is 56.4 Å². The molecule has 0 aliphatic rings. The molecule has 0 aromatic heterocycles. The average molecular weight is 236 g/mol. The van der Waals surface area contributed by atoms with E-state index in [9.17, 15) is 0 Å². The second-order valence-corrected chi connectivity index (χ2v) is 4.72. The van der Waals surface area contributed by atoms with Crippen LogP contribution in [0.25, 0.3) is 0 Å². The number of ether oxygens (including phenoxy) is 1. The summed E-state index contributed by atoms with van der Waals surface area (Å²) in [5, 5.41) is 3.49. The van der Waals surface area contributed by atoms with Crippen LogP contribution in [0.15, 0.2) is 18.2 Å². The van der Waals surface area contributed by atoms with Crippen molar-refractivity contribution in [3.63, 3.8) is 0 Å². The molecule has 1 atom stereocenters. The van der Waals surface area contributed by atoms with Crippen molar-refractivity contribution >= 4 is 11.4 Å². The maximum atomic E-state index is 5.08. The number of benzene rings is 1. The number of anilines is 2. The van der Waals surface area contributed by atoms with Gasteiger partial charge >= 0.3 is 0 Å². The summed E-state index contributed by atoms with van der Waals surface area (Å²) in [6.45, 7) is 5.10. The molecule has 1 aromatic carbocycles. The molecule has 0 fully saturated rings. The Morgan fingerprint density at radius 3 is 2.65 bits per heavy atom. The number of rotatable bonds is 6. The number of nitrogens with one attached hydrogen (secondary N) is 1. The molecule has 3 heteroatoms. The summed E-state index contributed by atoms with van der Waals surface area (Å²) in [6, 6.07) is 6.90. The van der Waals surface area contributed by atoms with Gasteiger partial charge in [-0.3, -0.25) is 0 Å². The van der Waals surface area contributed by atoms with Gasteiger partial charge in [-0.15, -0.1) is 0 Å². The van der Waals surface area contributed by atoms with Crippen LogP contribution in [0.5, 0.6) is 0 Å². The van der Waals surface area contributed by atoms with Crippen LogP contribution in [0.4, 0.5) is 11.4 Å². The van der Waals surface area contributed by atoms with Gasteiger partial charge < -0.3 is 15.0 Å². The Labute approximate surface area is 105 Å². The third kappa shape index (κ3) is 4.27. The molecule has 17 heavy (non-hydrogen) atoms. The van der Waals surface area contributed by atoms with E-state index in [1.165, 1.54) is 16.9 Å². The van der Waals surface area contributed by atoms with E-state index >= 15 is 0 Å². The first-order valence-corrected chi connectivity index (χ1v) is 6.08. The van der Waals surface area contributed by atoms with E-state index in [1.807, 2.05) is 0 Å². The summed E-state index contributed by atoms with van der Waals surface area (Å²) in [6.07, 6.45) is 1.02. The Kier molecular flexibility index (Phi) is 5.29. The summed E-state index contributed by atoms with van der Waals surface area (Å²) < 4.78 is 5.08. The van der Waals surface area contributed by atoms with Gasteiger partial charge in [-0.2, -0.15) is 0 Å². The largest absolute Gasteiger partial charge is 0.385 e. The number of methoxy groups -OCH3 is 1. The Morgan fingerprint density at radius 2 is 2.06 bits per heavy atom. The van der Waals surface area contributed by atoms with Gasteiger partial charge in [0.1, 0.15) is 0 Å². The van der Waals surface area contributed by atoms with Crippen molar-refractivity contribution in [2.75, 3.05) is 38.0 Å². The highest BCUT2D eigenvalue weighted by atomic mass is 16.5. The van der Waals surface area contributed by atoms with Crippen LogP contribution in [0.1, 0.15) is 18.9 Å². The van der Waals surface area contributed by atoms with Crippen LogP contribution in [-0.2, 0) is 4.74 Å². The van der Waals surface area contributed by atoms with Crippen molar-refractivity contribution in [3.05, 3.63) is 23.8 Å². The van der Waals surface area contributed by atoms with Crippen molar-refractivity contribution in [1.29, 1.82) is 0 Å². The number of nitrogens with zero attached hydrogens (tertiary/aromatic N) is 1. The molecular formula is C14H24N2O. The molecule has 0 spiro atoms. The predicted octanol–water partition coefficient (Wildman–Crippen LogP) is 2.90. The van der Waals surface area contributed by atoms with Gasteiger partial charge in [0.15, 0.2) is 0 Å². The Bertz CT molecular complexity index is 350. The van der Waals surface area contributed by atoms with Crippen molar-refractivity contribution in [3.8, 4) is 0 Å². The van der Waals surface area contributed by atoms with Gasteiger partial charge in [-0.1, -0.05) is 6.07 Å². The minimum atomic E-state index is 0.424. The van der Waals surface area contributed by atoms with E-state index in [0.29, 0.717) is 6.04 Å². The van der Waals surface area contributed by atoms with Gasteiger partial charge in [-0.25, -0.2) is 0 Å². The fourth-order valence-corrected chi connectivity index (χ4v) is 1.83. The molecule has 3 nitrogen and oxygen atoms in total. The van der Waals surface area contributed by atoms with Crippen molar-refractivity contribution in [2.45, 2.75) is 26.3 Å². The maximum absolute atomic E-state index is 5.08. The summed E-state index contributed by atoms with van der Waals surface area (Å²) in [4.78, 5) is 2.14. The first-order valence-electron chi connectivity index (χ1n) is 6.08. The highest BCUT2D eigenvalue weighted by Crippen LogP contribution is 2.23. The lowest BCUT2D eigenvalue weighted by Crippen LogP contribution is -2.18. The fourth-order valence-electron chi connectivity index (χ4n) is 1.83. The monoisotopic (exact) mass is 236 g/mol. The average Bonchev–Trinajstić information content (AvgIpc) is 2.28. The zero-order valence-electron chi connectivity index (χ0n) is 11.6. The van der Waals surface area contributed by atoms with Crippen molar-refractivity contribution < 1.29 is 4.74 Å². The Morgan fingerprint density at radius 1 is 1.35 bits per heavy atom. The molecule has 1 N–H and O–H groups in total. The predicted molar refractivity (Wildman–Crippen MR) is 75.1 cm³/mol. The fraction of sp³-hybridized carbons (Fsp3) is 0.571. The molecule has 1 unspecified atom stereocenters. The lowest BCUT2D eigenvalue weighted by Gasteiger charge is -2.20. The van der Waals surface area contributed by atoms with Gasteiger partial charge in [-0.05, 0) is 38.0 Å². The van der Waals surface area contributed by atoms with E-state index in [0.717, 1.165) is 13.0 Å². The van der Waals surface area contributed by atoms with Gasteiger partial charge in [0.05, 0.1) is 0 Å². The zero-order valence-corrected chi connectivity index (χ0v) is 11.6. The molecule has 0 radical (unpaired) electrons. The van der Waals surface area contributed by atoms with Crippen LogP contribution in [0.2, 0.25) is 0 Å². The number of hydrogen-bond acceptors (Lipinski definition) is 3. The molecule has 0 amide bonds. The second kappa shape index (κ2) is 6.50. The topological polar surface area (TPSA) is 24.5 Å². The van der Waals surface area contributed by atoms with Crippen LogP contribution < -0.4 is 10.2 Å². The standard InChI is InChI=1S/C14H24N2O/c1-11-6-7-13(10-14(11)16(3)4)15-12(2)8-9-17-5/h6-7,10,12,15H,8-9H2,1-5H3. The second-order valence-electron chi connectivity index (χ2n) is 4.72. The van der Waals surface area contributed by atoms with Crippen LogP contribution >= 0.6 is 0 Å². The molecular weight excluding hydrogens is 212 g/mol. The Balaban J connectivity index is 2.68. The highest BCUT2D eigenvalue weighted by Gasteiger charge is 2.05. The normalized spacial score (nSPS) is 12.3. The van der Waals surface area contributed by atoms with E-state index in [4.69, 9.17) is 4.74 Å². The summed E-state index contributed by atoms with van der Waals surface area (Å²) in [5.74, 6) is 0. The molecule has 0 aliphatic heterocycles. The van der Waals surface area contributed by atoms with Gasteiger partial charge in [0.25, 0.3) is 0 Å². The summed E-state index contributed by atoms with van der Waals surface area (Å²) in [5.41, 5.74) is 3.72. The quantitative estimate of drug-likeness (QED) is 0.822. The summed E-state index contributed by atoms with van der Waals surface area (Å²) >= 11 is 0. The minimum absolute atomic E-state index is 0.424. The van der Waals surface area contributed by atoms with E-state index in [1.54, 1.807) is 7.11 Å². The molecule has 1 rings (SSSR count). The Hall–Kier alpha value is -1.22. The molecule has 0 saturated carbocycles. The smallest absolute Gasteiger partial charge is 0.0481 e. The highest BCUT2D eigenvalue weighted by molar-refractivity contribution is 5.62.